The molecule has 1 fully saturated rings. The SMILES string of the molecule is Cn1nccc1C(=O)NC[C@]1(O)CCCN(c2ccccn2)C1. The van der Waals surface area contributed by atoms with Crippen molar-refractivity contribution < 1.29 is 9.90 Å². The fourth-order valence-corrected chi connectivity index (χ4v) is 2.93. The van der Waals surface area contributed by atoms with E-state index in [4.69, 9.17) is 0 Å². The Balaban J connectivity index is 1.62. The quantitative estimate of drug-likeness (QED) is 0.862. The predicted molar refractivity (Wildman–Crippen MR) is 86.2 cm³/mol. The summed E-state index contributed by atoms with van der Waals surface area (Å²) in [5.74, 6) is 0.622. The molecule has 1 atom stereocenters. The lowest BCUT2D eigenvalue weighted by Crippen LogP contribution is -2.54. The van der Waals surface area contributed by atoms with Crippen molar-refractivity contribution >= 4 is 11.7 Å². The lowest BCUT2D eigenvalue weighted by atomic mass is 9.92. The number of pyridine rings is 1. The van der Waals surface area contributed by atoms with Crippen LogP contribution in [0, 0.1) is 0 Å². The Bertz CT molecular complexity index is 672. The fraction of sp³-hybridized carbons (Fsp3) is 0.438. The van der Waals surface area contributed by atoms with Gasteiger partial charge in [0.1, 0.15) is 11.5 Å². The van der Waals surface area contributed by atoms with Gasteiger partial charge in [-0.25, -0.2) is 4.98 Å². The van der Waals surface area contributed by atoms with Gasteiger partial charge in [-0.3, -0.25) is 9.48 Å². The summed E-state index contributed by atoms with van der Waals surface area (Å²) in [4.78, 5) is 18.5. The van der Waals surface area contributed by atoms with Gasteiger partial charge in [0, 0.05) is 39.1 Å². The Hall–Kier alpha value is -2.41. The van der Waals surface area contributed by atoms with Gasteiger partial charge in [-0.05, 0) is 31.0 Å². The summed E-state index contributed by atoms with van der Waals surface area (Å²) in [6.45, 7) is 1.52. The molecule has 7 heteroatoms. The van der Waals surface area contributed by atoms with E-state index < -0.39 is 5.60 Å². The van der Waals surface area contributed by atoms with Crippen molar-refractivity contribution in [3.8, 4) is 0 Å². The number of nitrogens with one attached hydrogen (secondary N) is 1. The third-order valence-electron chi connectivity index (χ3n) is 4.16. The van der Waals surface area contributed by atoms with Crippen LogP contribution in [0.5, 0.6) is 0 Å². The standard InChI is InChI=1S/C16H21N5O2/c1-20-13(6-9-19-20)15(22)18-11-16(23)7-4-10-21(12-16)14-5-2-3-8-17-14/h2-3,5-6,8-9,23H,4,7,10-12H2,1H3,(H,18,22)/t16-/m1/s1. The van der Waals surface area contributed by atoms with Gasteiger partial charge in [0.05, 0.1) is 5.60 Å². The number of carbonyl (C=O) groups is 1. The molecule has 0 radical (unpaired) electrons. The summed E-state index contributed by atoms with van der Waals surface area (Å²) in [6.07, 6.45) is 4.83. The smallest absolute Gasteiger partial charge is 0.269 e. The zero-order valence-electron chi connectivity index (χ0n) is 13.1. The highest BCUT2D eigenvalue weighted by molar-refractivity contribution is 5.92. The van der Waals surface area contributed by atoms with E-state index in [9.17, 15) is 9.90 Å². The molecule has 1 aliphatic heterocycles. The van der Waals surface area contributed by atoms with Crippen molar-refractivity contribution in [1.29, 1.82) is 0 Å². The third kappa shape index (κ3) is 3.50. The van der Waals surface area contributed by atoms with E-state index in [0.717, 1.165) is 18.8 Å². The third-order valence-corrected chi connectivity index (χ3v) is 4.16. The Morgan fingerprint density at radius 3 is 2.96 bits per heavy atom. The molecule has 122 valence electrons. The molecule has 1 aliphatic rings. The molecule has 0 bridgehead atoms. The van der Waals surface area contributed by atoms with Gasteiger partial charge >= 0.3 is 0 Å². The van der Waals surface area contributed by atoms with E-state index in [1.165, 1.54) is 4.68 Å². The van der Waals surface area contributed by atoms with Crippen LogP contribution in [0.25, 0.3) is 0 Å². The maximum absolute atomic E-state index is 12.2. The number of anilines is 1. The molecule has 0 aliphatic carbocycles. The molecule has 0 spiro atoms. The Labute approximate surface area is 134 Å². The van der Waals surface area contributed by atoms with E-state index in [1.807, 2.05) is 18.2 Å². The van der Waals surface area contributed by atoms with Crippen LogP contribution < -0.4 is 10.2 Å². The van der Waals surface area contributed by atoms with Crippen LogP contribution in [0.15, 0.2) is 36.7 Å². The maximum Gasteiger partial charge on any atom is 0.269 e. The molecule has 7 nitrogen and oxygen atoms in total. The number of hydrogen-bond acceptors (Lipinski definition) is 5. The number of hydrogen-bond donors (Lipinski definition) is 2. The van der Waals surface area contributed by atoms with Gasteiger partial charge in [0.15, 0.2) is 0 Å². The summed E-state index contributed by atoms with van der Waals surface area (Å²) in [6, 6.07) is 7.38. The minimum atomic E-state index is -0.954. The summed E-state index contributed by atoms with van der Waals surface area (Å²) in [5.41, 5.74) is -0.477. The first-order valence-corrected chi connectivity index (χ1v) is 7.72. The molecule has 2 N–H and O–H groups in total. The molecule has 1 amide bonds. The minimum Gasteiger partial charge on any atom is -0.386 e. The van der Waals surface area contributed by atoms with Crippen LogP contribution in [-0.4, -0.2) is 51.0 Å². The average molecular weight is 315 g/mol. The molecule has 2 aromatic heterocycles. The first kappa shape index (κ1) is 15.5. The van der Waals surface area contributed by atoms with Crippen LogP contribution in [0.1, 0.15) is 23.3 Å². The molecule has 23 heavy (non-hydrogen) atoms. The molecule has 3 heterocycles. The van der Waals surface area contributed by atoms with Crippen LogP contribution in [0.4, 0.5) is 5.82 Å². The largest absolute Gasteiger partial charge is 0.386 e. The Kier molecular flexibility index (Phi) is 4.29. The van der Waals surface area contributed by atoms with Crippen molar-refractivity contribution in [1.82, 2.24) is 20.1 Å². The fourth-order valence-electron chi connectivity index (χ4n) is 2.93. The molecular weight excluding hydrogens is 294 g/mol. The lowest BCUT2D eigenvalue weighted by molar-refractivity contribution is 0.0253. The van der Waals surface area contributed by atoms with Crippen LogP contribution >= 0.6 is 0 Å². The highest BCUT2D eigenvalue weighted by Gasteiger charge is 2.34. The summed E-state index contributed by atoms with van der Waals surface area (Å²) < 4.78 is 1.51. The first-order chi connectivity index (χ1) is 11.1. The second kappa shape index (κ2) is 6.37. The molecule has 0 unspecified atom stereocenters. The number of aryl methyl sites for hydroxylation is 1. The number of amides is 1. The van der Waals surface area contributed by atoms with Crippen LogP contribution in [0.2, 0.25) is 0 Å². The minimum absolute atomic E-state index is 0.209. The van der Waals surface area contributed by atoms with E-state index >= 15 is 0 Å². The highest BCUT2D eigenvalue weighted by Crippen LogP contribution is 2.24. The van der Waals surface area contributed by atoms with Crippen molar-refractivity contribution in [2.24, 2.45) is 7.05 Å². The van der Waals surface area contributed by atoms with Gasteiger partial charge in [0.25, 0.3) is 5.91 Å². The molecule has 0 saturated carbocycles. The second-order valence-corrected chi connectivity index (χ2v) is 5.96. The predicted octanol–water partition coefficient (Wildman–Crippen LogP) is 0.576. The zero-order valence-corrected chi connectivity index (χ0v) is 13.1. The number of piperidine rings is 1. The normalized spacial score (nSPS) is 21.2. The summed E-state index contributed by atoms with van der Waals surface area (Å²) in [7, 11) is 1.72. The van der Waals surface area contributed by atoms with E-state index in [2.05, 4.69) is 20.3 Å². The van der Waals surface area contributed by atoms with Gasteiger partial charge in [0.2, 0.25) is 0 Å². The van der Waals surface area contributed by atoms with E-state index in [0.29, 0.717) is 18.7 Å². The van der Waals surface area contributed by atoms with Crippen LogP contribution in [0.3, 0.4) is 0 Å². The van der Waals surface area contributed by atoms with Crippen LogP contribution in [-0.2, 0) is 7.05 Å². The number of nitrogens with zero attached hydrogens (tertiary/aromatic N) is 4. The van der Waals surface area contributed by atoms with Crippen molar-refractivity contribution in [3.05, 3.63) is 42.4 Å². The number of aromatic nitrogens is 3. The molecule has 0 aromatic carbocycles. The zero-order chi connectivity index (χ0) is 16.3. The molecular formula is C16H21N5O2. The molecule has 1 saturated heterocycles. The number of rotatable bonds is 4. The maximum atomic E-state index is 12.2. The highest BCUT2D eigenvalue weighted by atomic mass is 16.3. The van der Waals surface area contributed by atoms with Gasteiger partial charge in [-0.2, -0.15) is 5.10 Å². The topological polar surface area (TPSA) is 83.3 Å². The summed E-state index contributed by atoms with van der Waals surface area (Å²) >= 11 is 0. The number of β-amino-alcohol motifs (C(OH)–C–C–N with tert-alkyl or cyclic N) is 1. The van der Waals surface area contributed by atoms with Gasteiger partial charge in [-0.1, -0.05) is 6.07 Å². The summed E-state index contributed by atoms with van der Waals surface area (Å²) in [5, 5.41) is 17.6. The lowest BCUT2D eigenvalue weighted by Gasteiger charge is -2.39. The molecule has 2 aromatic rings. The van der Waals surface area contributed by atoms with Crippen molar-refractivity contribution in [2.75, 3.05) is 24.5 Å². The van der Waals surface area contributed by atoms with E-state index in [-0.39, 0.29) is 12.5 Å². The van der Waals surface area contributed by atoms with Crippen molar-refractivity contribution in [2.45, 2.75) is 18.4 Å². The average Bonchev–Trinajstić information content (AvgIpc) is 3.00. The second-order valence-electron chi connectivity index (χ2n) is 5.96. The Morgan fingerprint density at radius 2 is 2.26 bits per heavy atom. The van der Waals surface area contributed by atoms with Crippen molar-refractivity contribution in [3.63, 3.8) is 0 Å². The monoisotopic (exact) mass is 315 g/mol. The van der Waals surface area contributed by atoms with Gasteiger partial charge < -0.3 is 15.3 Å². The Morgan fingerprint density at radius 1 is 1.39 bits per heavy atom. The first-order valence-electron chi connectivity index (χ1n) is 7.72. The number of aliphatic hydroxyl groups is 1. The van der Waals surface area contributed by atoms with E-state index in [1.54, 1.807) is 25.5 Å². The van der Waals surface area contributed by atoms with Gasteiger partial charge in [-0.15, -0.1) is 0 Å². The molecule has 3 rings (SSSR count). The number of carbonyl (C=O) groups excluding carboxylic acids is 1.